The number of amides is 1. The van der Waals surface area contributed by atoms with E-state index in [0.717, 1.165) is 36.7 Å². The van der Waals surface area contributed by atoms with Crippen LogP contribution in [0.25, 0.3) is 0 Å². The number of aromatic nitrogens is 2. The van der Waals surface area contributed by atoms with Crippen LogP contribution in [0, 0.1) is 20.2 Å². The number of anilines is 3. The summed E-state index contributed by atoms with van der Waals surface area (Å²) in [6.07, 6.45) is -3.91. The number of hydrogen-bond acceptors (Lipinski definition) is 9. The Morgan fingerprint density at radius 2 is 1.64 bits per heavy atom. The van der Waals surface area contributed by atoms with E-state index in [0.29, 0.717) is 0 Å². The zero-order chi connectivity index (χ0) is 24.2. The van der Waals surface area contributed by atoms with Gasteiger partial charge in [-0.1, -0.05) is 18.2 Å². The number of nitro benzene ring substituents is 1. The number of nitro groups is 2. The molecule has 3 aromatic rings. The Labute approximate surface area is 181 Å². The molecule has 15 heteroatoms. The summed E-state index contributed by atoms with van der Waals surface area (Å²) < 4.78 is 39.7. The van der Waals surface area contributed by atoms with Crippen molar-refractivity contribution >= 4 is 34.6 Å². The van der Waals surface area contributed by atoms with Crippen molar-refractivity contribution < 1.29 is 27.8 Å². The van der Waals surface area contributed by atoms with Crippen molar-refractivity contribution in [2.45, 2.75) is 6.18 Å². The van der Waals surface area contributed by atoms with Gasteiger partial charge in [-0.25, -0.2) is 9.97 Å². The molecule has 0 unspecified atom stereocenters. The van der Waals surface area contributed by atoms with Crippen molar-refractivity contribution in [3.8, 4) is 0 Å². The highest BCUT2D eigenvalue weighted by Crippen LogP contribution is 2.38. The molecule has 0 saturated carbocycles. The molecule has 1 heterocycles. The van der Waals surface area contributed by atoms with E-state index in [4.69, 9.17) is 0 Å². The Hall–Kier alpha value is -4.82. The van der Waals surface area contributed by atoms with Crippen LogP contribution >= 0.6 is 0 Å². The van der Waals surface area contributed by atoms with Crippen LogP contribution in [0.5, 0.6) is 0 Å². The molecule has 0 bridgehead atoms. The minimum absolute atomic E-state index is 0.133. The molecule has 12 nitrogen and oxygen atoms in total. The number of para-hydroxylation sites is 1. The highest BCUT2D eigenvalue weighted by molar-refractivity contribution is 5.95. The van der Waals surface area contributed by atoms with E-state index >= 15 is 0 Å². The predicted molar refractivity (Wildman–Crippen MR) is 108 cm³/mol. The molecule has 0 saturated heterocycles. The SMILES string of the molecule is O=C(NNc1ncnc(Nc2ccccc2C(F)(F)F)c1[N+](=O)[O-])c1cccc([N+](=O)[O-])c1. The van der Waals surface area contributed by atoms with Crippen LogP contribution in [-0.2, 0) is 6.18 Å². The summed E-state index contributed by atoms with van der Waals surface area (Å²) in [6.45, 7) is 0. The lowest BCUT2D eigenvalue weighted by Crippen LogP contribution is -2.30. The van der Waals surface area contributed by atoms with Gasteiger partial charge >= 0.3 is 11.9 Å². The molecular weight excluding hydrogens is 451 g/mol. The number of carbonyl (C=O) groups is 1. The summed E-state index contributed by atoms with van der Waals surface area (Å²) in [5, 5.41) is 24.7. The van der Waals surface area contributed by atoms with Crippen molar-refractivity contribution in [2.24, 2.45) is 0 Å². The highest BCUT2D eigenvalue weighted by atomic mass is 19.4. The van der Waals surface area contributed by atoms with Crippen LogP contribution < -0.4 is 16.2 Å². The summed E-state index contributed by atoms with van der Waals surface area (Å²) in [7, 11) is 0. The molecule has 0 fully saturated rings. The molecule has 3 N–H and O–H groups in total. The van der Waals surface area contributed by atoms with Gasteiger partial charge in [-0.05, 0) is 18.2 Å². The number of rotatable bonds is 7. The van der Waals surface area contributed by atoms with E-state index in [2.05, 4.69) is 26.1 Å². The van der Waals surface area contributed by atoms with Crippen LogP contribution in [-0.4, -0.2) is 25.7 Å². The summed E-state index contributed by atoms with van der Waals surface area (Å²) in [6, 6.07) is 8.96. The Bertz CT molecular complexity index is 1240. The predicted octanol–water partition coefficient (Wildman–Crippen LogP) is 3.81. The molecule has 0 atom stereocenters. The van der Waals surface area contributed by atoms with Crippen LogP contribution in [0.4, 0.5) is 41.9 Å². The molecule has 170 valence electrons. The molecule has 2 aromatic carbocycles. The summed E-state index contributed by atoms with van der Waals surface area (Å²) in [4.78, 5) is 40.3. The number of carbonyl (C=O) groups excluding carboxylic acids is 1. The first kappa shape index (κ1) is 22.9. The van der Waals surface area contributed by atoms with E-state index < -0.39 is 50.5 Å². The molecule has 0 spiro atoms. The second-order valence-corrected chi connectivity index (χ2v) is 6.23. The van der Waals surface area contributed by atoms with Crippen LogP contribution in [0.2, 0.25) is 0 Å². The van der Waals surface area contributed by atoms with Crippen molar-refractivity contribution in [3.63, 3.8) is 0 Å². The number of alkyl halides is 3. The maximum Gasteiger partial charge on any atom is 0.418 e. The van der Waals surface area contributed by atoms with Gasteiger partial charge in [0.1, 0.15) is 6.33 Å². The number of hydrazine groups is 1. The highest BCUT2D eigenvalue weighted by Gasteiger charge is 2.34. The molecule has 1 amide bonds. The zero-order valence-corrected chi connectivity index (χ0v) is 16.2. The second kappa shape index (κ2) is 9.13. The first-order valence-corrected chi connectivity index (χ1v) is 8.81. The monoisotopic (exact) mass is 463 g/mol. The van der Waals surface area contributed by atoms with Gasteiger partial charge < -0.3 is 5.32 Å². The van der Waals surface area contributed by atoms with Gasteiger partial charge in [0.15, 0.2) is 0 Å². The first-order valence-electron chi connectivity index (χ1n) is 8.81. The Balaban J connectivity index is 1.88. The van der Waals surface area contributed by atoms with E-state index in [9.17, 15) is 38.2 Å². The van der Waals surface area contributed by atoms with Gasteiger partial charge in [-0.15, -0.1) is 0 Å². The average molecular weight is 463 g/mol. The number of benzene rings is 2. The maximum absolute atomic E-state index is 13.2. The minimum atomic E-state index is -4.74. The average Bonchev–Trinajstić information content (AvgIpc) is 2.77. The topological polar surface area (TPSA) is 165 Å². The molecule has 0 aliphatic heterocycles. The fraction of sp³-hybridized carbons (Fsp3) is 0.0556. The first-order chi connectivity index (χ1) is 15.6. The van der Waals surface area contributed by atoms with Crippen molar-refractivity contribution in [3.05, 3.63) is 86.2 Å². The van der Waals surface area contributed by atoms with Crippen LogP contribution in [0.15, 0.2) is 54.9 Å². The van der Waals surface area contributed by atoms with E-state index in [1.165, 1.54) is 18.2 Å². The number of halogens is 3. The van der Waals surface area contributed by atoms with Gasteiger partial charge in [-0.3, -0.25) is 35.9 Å². The molecule has 33 heavy (non-hydrogen) atoms. The molecule has 1 aromatic heterocycles. The number of nitrogens with one attached hydrogen (secondary N) is 3. The third-order valence-corrected chi connectivity index (χ3v) is 4.10. The second-order valence-electron chi connectivity index (χ2n) is 6.23. The Morgan fingerprint density at radius 3 is 2.30 bits per heavy atom. The van der Waals surface area contributed by atoms with Crippen molar-refractivity contribution in [2.75, 3.05) is 10.7 Å². The van der Waals surface area contributed by atoms with Crippen LogP contribution in [0.3, 0.4) is 0 Å². The lowest BCUT2D eigenvalue weighted by molar-refractivity contribution is -0.384. The van der Waals surface area contributed by atoms with Gasteiger partial charge in [-0.2, -0.15) is 13.2 Å². The fourth-order valence-electron chi connectivity index (χ4n) is 2.65. The summed E-state index contributed by atoms with van der Waals surface area (Å²) in [5.74, 6) is -2.00. The van der Waals surface area contributed by atoms with Gasteiger partial charge in [0, 0.05) is 17.7 Å². The number of nitrogens with zero attached hydrogens (tertiary/aromatic N) is 4. The molecule has 3 rings (SSSR count). The van der Waals surface area contributed by atoms with Gasteiger partial charge in [0.2, 0.25) is 11.6 Å². The maximum atomic E-state index is 13.2. The molecule has 0 aliphatic carbocycles. The smallest absolute Gasteiger partial charge is 0.334 e. The van der Waals surface area contributed by atoms with Gasteiger partial charge in [0.25, 0.3) is 11.6 Å². The summed E-state index contributed by atoms with van der Waals surface area (Å²) >= 11 is 0. The molecular formula is C18H12F3N7O5. The lowest BCUT2D eigenvalue weighted by atomic mass is 10.1. The van der Waals surface area contributed by atoms with Crippen molar-refractivity contribution in [1.82, 2.24) is 15.4 Å². The molecule has 0 radical (unpaired) electrons. The van der Waals surface area contributed by atoms with E-state index in [1.54, 1.807) is 0 Å². The van der Waals surface area contributed by atoms with Crippen LogP contribution in [0.1, 0.15) is 15.9 Å². The Kier molecular flexibility index (Phi) is 6.32. The Morgan fingerprint density at radius 1 is 0.939 bits per heavy atom. The zero-order valence-electron chi connectivity index (χ0n) is 16.2. The van der Waals surface area contributed by atoms with E-state index in [-0.39, 0.29) is 11.3 Å². The van der Waals surface area contributed by atoms with Crippen molar-refractivity contribution in [1.29, 1.82) is 0 Å². The lowest BCUT2D eigenvalue weighted by Gasteiger charge is -2.14. The fourth-order valence-corrected chi connectivity index (χ4v) is 2.65. The van der Waals surface area contributed by atoms with E-state index in [1.807, 2.05) is 0 Å². The third kappa shape index (κ3) is 5.27. The largest absolute Gasteiger partial charge is 0.418 e. The summed E-state index contributed by atoms with van der Waals surface area (Å²) in [5.41, 5.74) is 1.37. The van der Waals surface area contributed by atoms with Gasteiger partial charge in [0.05, 0.1) is 21.1 Å². The standard InChI is InChI=1S/C18H12F3N7O5/c19-18(20,21)12-6-1-2-7-13(12)24-15-14(28(32)33)16(23-9-22-15)25-26-17(29)10-4-3-5-11(8-10)27(30)31/h1-9H,(H,26,29)(H2,22,23,24,25). The number of non-ortho nitro benzene ring substituents is 1. The minimum Gasteiger partial charge on any atom is -0.334 e. The quantitative estimate of drug-likeness (QED) is 0.349. The number of hydrogen-bond donors (Lipinski definition) is 3. The molecule has 0 aliphatic rings. The normalized spacial score (nSPS) is 10.9. The third-order valence-electron chi connectivity index (χ3n) is 4.10.